The van der Waals surface area contributed by atoms with Crippen molar-refractivity contribution >= 4 is 21.6 Å². The van der Waals surface area contributed by atoms with Crippen LogP contribution < -0.4 is 5.73 Å². The number of hydrogen-bond acceptors (Lipinski definition) is 3. The molecule has 2 N–H and O–H groups in total. The smallest absolute Gasteiger partial charge is 0.267 e. The van der Waals surface area contributed by atoms with Gasteiger partial charge in [0.1, 0.15) is 11.8 Å². The molecule has 0 saturated carbocycles. The molecule has 1 aromatic heterocycles. The van der Waals surface area contributed by atoms with Gasteiger partial charge in [-0.2, -0.15) is 5.26 Å². The molecule has 0 bridgehead atoms. The van der Waals surface area contributed by atoms with Gasteiger partial charge in [-0.1, -0.05) is 15.9 Å². The summed E-state index contributed by atoms with van der Waals surface area (Å²) in [5.41, 5.74) is 5.19. The Morgan fingerprint density at radius 3 is 2.71 bits per heavy atom. The molecule has 0 saturated heterocycles. The molecule has 1 rings (SSSR count). The molecule has 0 aromatic carbocycles. The maximum absolute atomic E-state index is 12.6. The third-order valence-corrected chi connectivity index (χ3v) is 2.28. The lowest BCUT2D eigenvalue weighted by Crippen LogP contribution is -2.04. The van der Waals surface area contributed by atoms with Crippen LogP contribution in [0, 0.1) is 11.3 Å². The monoisotopic (exact) mass is 261 g/mol. The molecule has 74 valence electrons. The minimum atomic E-state index is -2.74. The summed E-state index contributed by atoms with van der Waals surface area (Å²) >= 11 is 3.04. The standard InChI is InChI=1S/C8H6BrF2N3/c9-1-4-5(13)3-14-6(2-12)7(4)8(10)11/h3,8H,1,13H2. The van der Waals surface area contributed by atoms with E-state index >= 15 is 0 Å². The fourth-order valence-corrected chi connectivity index (χ4v) is 1.68. The maximum atomic E-state index is 12.6. The zero-order valence-corrected chi connectivity index (χ0v) is 8.55. The van der Waals surface area contributed by atoms with E-state index in [1.165, 1.54) is 6.20 Å². The number of anilines is 1. The number of halogens is 3. The number of nitrogens with two attached hydrogens (primary N) is 1. The van der Waals surface area contributed by atoms with Gasteiger partial charge in [-0.25, -0.2) is 13.8 Å². The molecule has 0 radical (unpaired) electrons. The van der Waals surface area contributed by atoms with Gasteiger partial charge in [0.05, 0.1) is 17.4 Å². The second-order valence-corrected chi connectivity index (χ2v) is 3.06. The van der Waals surface area contributed by atoms with Gasteiger partial charge < -0.3 is 5.73 Å². The number of alkyl halides is 3. The van der Waals surface area contributed by atoms with Gasteiger partial charge in [-0.15, -0.1) is 0 Å². The van der Waals surface area contributed by atoms with Crippen molar-refractivity contribution in [3.05, 3.63) is 23.0 Å². The van der Waals surface area contributed by atoms with E-state index in [0.29, 0.717) is 0 Å². The highest BCUT2D eigenvalue weighted by molar-refractivity contribution is 9.08. The highest BCUT2D eigenvalue weighted by atomic mass is 79.9. The molecule has 3 nitrogen and oxygen atoms in total. The lowest BCUT2D eigenvalue weighted by molar-refractivity contribution is 0.150. The molecule has 0 fully saturated rings. The highest BCUT2D eigenvalue weighted by Gasteiger charge is 2.20. The van der Waals surface area contributed by atoms with Crippen LogP contribution in [0.2, 0.25) is 0 Å². The fraction of sp³-hybridized carbons (Fsp3) is 0.250. The van der Waals surface area contributed by atoms with Gasteiger partial charge in [-0.05, 0) is 5.56 Å². The molecular formula is C8H6BrF2N3. The molecule has 0 aliphatic heterocycles. The lowest BCUT2D eigenvalue weighted by Gasteiger charge is -2.09. The van der Waals surface area contributed by atoms with E-state index in [4.69, 9.17) is 11.0 Å². The summed E-state index contributed by atoms with van der Waals surface area (Å²) in [5.74, 6) is 0. The number of nitrogens with zero attached hydrogens (tertiary/aromatic N) is 2. The van der Waals surface area contributed by atoms with Crippen molar-refractivity contribution in [2.24, 2.45) is 0 Å². The lowest BCUT2D eigenvalue weighted by atomic mass is 10.1. The van der Waals surface area contributed by atoms with Gasteiger partial charge in [0.15, 0.2) is 0 Å². The molecule has 0 aliphatic carbocycles. The van der Waals surface area contributed by atoms with Crippen molar-refractivity contribution in [3.63, 3.8) is 0 Å². The van der Waals surface area contributed by atoms with E-state index in [0.717, 1.165) is 0 Å². The molecule has 1 heterocycles. The third kappa shape index (κ3) is 1.82. The number of hydrogen-bond donors (Lipinski definition) is 1. The first kappa shape index (κ1) is 10.9. The molecule has 0 spiro atoms. The van der Waals surface area contributed by atoms with Gasteiger partial charge in [0.2, 0.25) is 0 Å². The van der Waals surface area contributed by atoms with Crippen molar-refractivity contribution in [1.82, 2.24) is 4.98 Å². The zero-order valence-electron chi connectivity index (χ0n) is 6.97. The minimum Gasteiger partial charge on any atom is -0.397 e. The first-order valence-electron chi connectivity index (χ1n) is 3.63. The Kier molecular flexibility index (Phi) is 3.36. The second-order valence-electron chi connectivity index (χ2n) is 2.50. The van der Waals surface area contributed by atoms with E-state index in [-0.39, 0.29) is 27.8 Å². The molecule has 1 aromatic rings. The molecule has 6 heteroatoms. The Balaban J connectivity index is 3.46. The molecule has 0 atom stereocenters. The zero-order chi connectivity index (χ0) is 10.7. The fourth-order valence-electron chi connectivity index (χ4n) is 1.05. The predicted molar refractivity (Wildman–Crippen MR) is 51.0 cm³/mol. The summed E-state index contributed by atoms with van der Waals surface area (Å²) < 4.78 is 25.1. The number of pyridine rings is 1. The Hall–Kier alpha value is -1.22. The minimum absolute atomic E-state index is 0.163. The first-order chi connectivity index (χ1) is 6.61. The molecule has 0 aliphatic rings. The van der Waals surface area contributed by atoms with Crippen LogP contribution in [0.25, 0.3) is 0 Å². The predicted octanol–water partition coefficient (Wildman–Crippen LogP) is 2.37. The Labute approximate surface area is 87.7 Å². The number of nitrogen functional groups attached to an aromatic ring is 1. The van der Waals surface area contributed by atoms with E-state index in [1.807, 2.05) is 0 Å². The maximum Gasteiger partial charge on any atom is 0.267 e. The Morgan fingerprint density at radius 1 is 1.64 bits per heavy atom. The summed E-state index contributed by atoms with van der Waals surface area (Å²) in [7, 11) is 0. The Morgan fingerprint density at radius 2 is 2.29 bits per heavy atom. The summed E-state index contributed by atoms with van der Waals surface area (Å²) in [6.45, 7) is 0. The second kappa shape index (κ2) is 4.33. The van der Waals surface area contributed by atoms with Crippen molar-refractivity contribution in [2.45, 2.75) is 11.8 Å². The van der Waals surface area contributed by atoms with Gasteiger partial charge in [0, 0.05) is 5.33 Å². The normalized spacial score (nSPS) is 10.2. The summed E-state index contributed by atoms with van der Waals surface area (Å²) in [6, 6.07) is 1.61. The Bertz CT molecular complexity index is 387. The average molecular weight is 262 g/mol. The van der Waals surface area contributed by atoms with Crippen molar-refractivity contribution < 1.29 is 8.78 Å². The van der Waals surface area contributed by atoms with Crippen LogP contribution in [0.4, 0.5) is 14.5 Å². The molecule has 0 unspecified atom stereocenters. The highest BCUT2D eigenvalue weighted by Crippen LogP contribution is 2.30. The number of aromatic nitrogens is 1. The van der Waals surface area contributed by atoms with Crippen LogP contribution in [0.3, 0.4) is 0 Å². The van der Waals surface area contributed by atoms with E-state index in [1.54, 1.807) is 6.07 Å². The molecule has 14 heavy (non-hydrogen) atoms. The first-order valence-corrected chi connectivity index (χ1v) is 4.75. The van der Waals surface area contributed by atoms with E-state index in [2.05, 4.69) is 20.9 Å². The average Bonchev–Trinajstić information content (AvgIpc) is 2.17. The van der Waals surface area contributed by atoms with Crippen LogP contribution in [-0.2, 0) is 5.33 Å². The number of nitriles is 1. The van der Waals surface area contributed by atoms with Gasteiger partial charge in [0.25, 0.3) is 6.43 Å². The van der Waals surface area contributed by atoms with Gasteiger partial charge in [-0.3, -0.25) is 0 Å². The van der Waals surface area contributed by atoms with Crippen LogP contribution in [0.1, 0.15) is 23.2 Å². The largest absolute Gasteiger partial charge is 0.397 e. The SMILES string of the molecule is N#Cc1ncc(N)c(CBr)c1C(F)F. The van der Waals surface area contributed by atoms with E-state index in [9.17, 15) is 8.78 Å². The van der Waals surface area contributed by atoms with Crippen LogP contribution in [-0.4, -0.2) is 4.98 Å². The van der Waals surface area contributed by atoms with Crippen molar-refractivity contribution in [1.29, 1.82) is 5.26 Å². The summed E-state index contributed by atoms with van der Waals surface area (Å²) in [5, 5.41) is 8.75. The van der Waals surface area contributed by atoms with Crippen molar-refractivity contribution in [2.75, 3.05) is 5.73 Å². The molecular weight excluding hydrogens is 256 g/mol. The van der Waals surface area contributed by atoms with Crippen LogP contribution in [0.15, 0.2) is 6.20 Å². The van der Waals surface area contributed by atoms with Crippen LogP contribution in [0.5, 0.6) is 0 Å². The topological polar surface area (TPSA) is 62.7 Å². The quantitative estimate of drug-likeness (QED) is 0.832. The summed E-state index contributed by atoms with van der Waals surface area (Å²) in [4.78, 5) is 3.54. The number of rotatable bonds is 2. The third-order valence-electron chi connectivity index (χ3n) is 1.72. The van der Waals surface area contributed by atoms with Gasteiger partial charge >= 0.3 is 0 Å². The van der Waals surface area contributed by atoms with Crippen LogP contribution >= 0.6 is 15.9 Å². The summed E-state index contributed by atoms with van der Waals surface area (Å²) in [6.07, 6.45) is -1.53. The molecule has 0 amide bonds. The van der Waals surface area contributed by atoms with E-state index < -0.39 is 6.43 Å². The van der Waals surface area contributed by atoms with Crippen molar-refractivity contribution in [3.8, 4) is 6.07 Å².